The minimum atomic E-state index is -0.471. The van der Waals surface area contributed by atoms with Gasteiger partial charge in [-0.1, -0.05) is 13.8 Å². The predicted molar refractivity (Wildman–Crippen MR) is 48.8 cm³/mol. The van der Waals surface area contributed by atoms with Crippen LogP contribution in [0.3, 0.4) is 0 Å². The standard InChI is InChI=1S/C9H17NO3/c1-7(2)5-6-13-9(12)4-3-8(10)11/h7H,3-6H2,1-2H3,(H2,10,11). The number of amides is 1. The van der Waals surface area contributed by atoms with E-state index in [2.05, 4.69) is 13.8 Å². The van der Waals surface area contributed by atoms with Crippen molar-refractivity contribution in [2.75, 3.05) is 6.61 Å². The lowest BCUT2D eigenvalue weighted by Gasteiger charge is -2.05. The van der Waals surface area contributed by atoms with Gasteiger partial charge in [0.1, 0.15) is 0 Å². The summed E-state index contributed by atoms with van der Waals surface area (Å²) in [5.74, 6) is -0.302. The molecule has 0 saturated heterocycles. The SMILES string of the molecule is CC(C)CCOC(=O)CCC(N)=O. The molecule has 0 fully saturated rings. The minimum absolute atomic E-state index is 0.0700. The van der Waals surface area contributed by atoms with Crippen LogP contribution >= 0.6 is 0 Å². The maximum absolute atomic E-state index is 10.9. The normalized spacial score (nSPS) is 10.1. The number of carbonyl (C=O) groups is 2. The van der Waals surface area contributed by atoms with E-state index in [1.165, 1.54) is 0 Å². The number of primary amides is 1. The molecule has 0 atom stereocenters. The summed E-state index contributed by atoms with van der Waals surface area (Å²) in [6.45, 7) is 4.53. The molecular weight excluding hydrogens is 170 g/mol. The maximum atomic E-state index is 10.9. The summed E-state index contributed by atoms with van der Waals surface area (Å²) in [7, 11) is 0. The second-order valence-electron chi connectivity index (χ2n) is 3.37. The average molecular weight is 187 g/mol. The fourth-order valence-corrected chi connectivity index (χ4v) is 0.706. The Morgan fingerprint density at radius 2 is 1.92 bits per heavy atom. The van der Waals surface area contributed by atoms with Gasteiger partial charge in [-0.3, -0.25) is 9.59 Å². The van der Waals surface area contributed by atoms with Crippen molar-refractivity contribution >= 4 is 11.9 Å². The van der Waals surface area contributed by atoms with Crippen LogP contribution in [0, 0.1) is 5.92 Å². The molecule has 0 aliphatic heterocycles. The Morgan fingerprint density at radius 1 is 1.31 bits per heavy atom. The summed E-state index contributed by atoms with van der Waals surface area (Å²) in [5.41, 5.74) is 4.87. The smallest absolute Gasteiger partial charge is 0.306 e. The Balaban J connectivity index is 3.36. The van der Waals surface area contributed by atoms with E-state index in [1.54, 1.807) is 0 Å². The summed E-state index contributed by atoms with van der Waals surface area (Å²) >= 11 is 0. The Labute approximate surface area is 78.4 Å². The van der Waals surface area contributed by atoms with Crippen LogP contribution in [0.15, 0.2) is 0 Å². The molecule has 0 heterocycles. The van der Waals surface area contributed by atoms with Crippen LogP contribution in [0.1, 0.15) is 33.1 Å². The molecule has 76 valence electrons. The van der Waals surface area contributed by atoms with Crippen LogP contribution in [0.25, 0.3) is 0 Å². The summed E-state index contributed by atoms with van der Waals surface area (Å²) in [6, 6.07) is 0. The van der Waals surface area contributed by atoms with E-state index in [4.69, 9.17) is 10.5 Å². The van der Waals surface area contributed by atoms with Gasteiger partial charge in [0.25, 0.3) is 0 Å². The fraction of sp³-hybridized carbons (Fsp3) is 0.778. The monoisotopic (exact) mass is 187 g/mol. The number of hydrogen-bond donors (Lipinski definition) is 1. The molecule has 0 aromatic rings. The summed E-state index contributed by atoms with van der Waals surface area (Å²) in [4.78, 5) is 21.2. The van der Waals surface area contributed by atoms with Crippen molar-refractivity contribution in [3.05, 3.63) is 0 Å². The molecule has 0 spiro atoms. The Hall–Kier alpha value is -1.06. The molecule has 4 heteroatoms. The molecule has 0 aliphatic rings. The molecule has 0 bridgehead atoms. The van der Waals surface area contributed by atoms with Crippen molar-refractivity contribution in [2.24, 2.45) is 11.7 Å². The van der Waals surface area contributed by atoms with Gasteiger partial charge in [0.05, 0.1) is 13.0 Å². The molecule has 0 rings (SSSR count). The molecule has 0 aromatic carbocycles. The van der Waals surface area contributed by atoms with Gasteiger partial charge in [0, 0.05) is 6.42 Å². The summed E-state index contributed by atoms with van der Waals surface area (Å²) in [6.07, 6.45) is 1.01. The van der Waals surface area contributed by atoms with Gasteiger partial charge in [0.15, 0.2) is 0 Å². The first-order valence-corrected chi connectivity index (χ1v) is 4.46. The molecular formula is C9H17NO3. The van der Waals surface area contributed by atoms with Gasteiger partial charge in [-0.15, -0.1) is 0 Å². The van der Waals surface area contributed by atoms with Crippen LogP contribution in [0.5, 0.6) is 0 Å². The molecule has 4 nitrogen and oxygen atoms in total. The second-order valence-corrected chi connectivity index (χ2v) is 3.37. The van der Waals surface area contributed by atoms with Gasteiger partial charge >= 0.3 is 5.97 Å². The van der Waals surface area contributed by atoms with Crippen molar-refractivity contribution in [3.8, 4) is 0 Å². The molecule has 13 heavy (non-hydrogen) atoms. The molecule has 0 aromatic heterocycles. The van der Waals surface area contributed by atoms with E-state index in [9.17, 15) is 9.59 Å². The Kier molecular flexibility index (Phi) is 5.93. The van der Waals surface area contributed by atoms with Crippen LogP contribution in [0.2, 0.25) is 0 Å². The third-order valence-corrected chi connectivity index (χ3v) is 1.53. The van der Waals surface area contributed by atoms with Crippen molar-refractivity contribution in [1.82, 2.24) is 0 Å². The number of carbonyl (C=O) groups excluding carboxylic acids is 2. The zero-order valence-corrected chi connectivity index (χ0v) is 8.21. The fourth-order valence-electron chi connectivity index (χ4n) is 0.706. The number of nitrogens with two attached hydrogens (primary N) is 1. The highest BCUT2D eigenvalue weighted by Gasteiger charge is 2.05. The second kappa shape index (κ2) is 6.46. The first-order valence-electron chi connectivity index (χ1n) is 4.46. The highest BCUT2D eigenvalue weighted by molar-refractivity contribution is 5.79. The molecule has 0 unspecified atom stereocenters. The number of rotatable bonds is 6. The summed E-state index contributed by atoms with van der Waals surface area (Å²) < 4.78 is 4.86. The lowest BCUT2D eigenvalue weighted by Crippen LogP contribution is -2.14. The molecule has 0 aliphatic carbocycles. The van der Waals surface area contributed by atoms with E-state index in [-0.39, 0.29) is 18.8 Å². The van der Waals surface area contributed by atoms with Crippen molar-refractivity contribution in [3.63, 3.8) is 0 Å². The van der Waals surface area contributed by atoms with Gasteiger partial charge in [-0.25, -0.2) is 0 Å². The zero-order chi connectivity index (χ0) is 10.3. The third kappa shape index (κ3) is 8.85. The van der Waals surface area contributed by atoms with Gasteiger partial charge in [0.2, 0.25) is 5.91 Å². The van der Waals surface area contributed by atoms with Gasteiger partial charge < -0.3 is 10.5 Å². The molecule has 1 amide bonds. The largest absolute Gasteiger partial charge is 0.466 e. The lowest BCUT2D eigenvalue weighted by atomic mass is 10.1. The van der Waals surface area contributed by atoms with Crippen LogP contribution in [0.4, 0.5) is 0 Å². The van der Waals surface area contributed by atoms with Crippen molar-refractivity contribution < 1.29 is 14.3 Å². The van der Waals surface area contributed by atoms with Gasteiger partial charge in [-0.05, 0) is 12.3 Å². The minimum Gasteiger partial charge on any atom is -0.466 e. The van der Waals surface area contributed by atoms with Gasteiger partial charge in [-0.2, -0.15) is 0 Å². The lowest BCUT2D eigenvalue weighted by molar-refractivity contribution is -0.145. The first kappa shape index (κ1) is 11.9. The quantitative estimate of drug-likeness (QED) is 0.626. The third-order valence-electron chi connectivity index (χ3n) is 1.53. The van der Waals surface area contributed by atoms with E-state index >= 15 is 0 Å². The van der Waals surface area contributed by atoms with E-state index in [0.29, 0.717) is 12.5 Å². The Morgan fingerprint density at radius 3 is 2.38 bits per heavy atom. The zero-order valence-electron chi connectivity index (χ0n) is 8.21. The first-order chi connectivity index (χ1) is 6.02. The van der Waals surface area contributed by atoms with E-state index < -0.39 is 5.91 Å². The molecule has 0 radical (unpaired) electrons. The highest BCUT2D eigenvalue weighted by atomic mass is 16.5. The van der Waals surface area contributed by atoms with Crippen LogP contribution in [-0.2, 0) is 14.3 Å². The molecule has 0 saturated carbocycles. The highest BCUT2D eigenvalue weighted by Crippen LogP contribution is 2.00. The Bertz CT molecular complexity index is 178. The maximum Gasteiger partial charge on any atom is 0.306 e. The molecule has 2 N–H and O–H groups in total. The van der Waals surface area contributed by atoms with E-state index in [1.807, 2.05) is 0 Å². The van der Waals surface area contributed by atoms with Crippen LogP contribution < -0.4 is 5.73 Å². The van der Waals surface area contributed by atoms with Crippen molar-refractivity contribution in [1.29, 1.82) is 0 Å². The number of esters is 1. The van der Waals surface area contributed by atoms with Crippen molar-refractivity contribution in [2.45, 2.75) is 33.1 Å². The predicted octanol–water partition coefficient (Wildman–Crippen LogP) is 0.841. The van der Waals surface area contributed by atoms with Crippen LogP contribution in [-0.4, -0.2) is 18.5 Å². The average Bonchev–Trinajstić information content (AvgIpc) is 2.00. The topological polar surface area (TPSA) is 69.4 Å². The van der Waals surface area contributed by atoms with E-state index in [0.717, 1.165) is 6.42 Å². The number of hydrogen-bond acceptors (Lipinski definition) is 3. The number of ether oxygens (including phenoxy) is 1. The summed E-state index contributed by atoms with van der Waals surface area (Å²) in [5, 5.41) is 0.